The van der Waals surface area contributed by atoms with Gasteiger partial charge in [-0.15, -0.1) is 0 Å². The molecule has 0 amide bonds. The van der Waals surface area contributed by atoms with Crippen LogP contribution in [0.15, 0.2) is 12.3 Å². The van der Waals surface area contributed by atoms with E-state index in [1.807, 2.05) is 12.3 Å². The molecule has 2 fully saturated rings. The van der Waals surface area contributed by atoms with Crippen LogP contribution in [0.5, 0.6) is 0 Å². The van der Waals surface area contributed by atoms with Gasteiger partial charge in [-0.25, -0.2) is 0 Å². The normalized spacial score (nSPS) is 34.4. The molecule has 16 heavy (non-hydrogen) atoms. The van der Waals surface area contributed by atoms with E-state index in [0.717, 1.165) is 24.3 Å². The fourth-order valence-electron chi connectivity index (χ4n) is 3.71. The first kappa shape index (κ1) is 10.3. The molecule has 3 nitrogen and oxygen atoms in total. The number of aromatic nitrogens is 2. The second-order valence-electron chi connectivity index (χ2n) is 5.59. The summed E-state index contributed by atoms with van der Waals surface area (Å²) < 4.78 is 0. The molecule has 88 valence electrons. The zero-order valence-electron chi connectivity index (χ0n) is 9.95. The van der Waals surface area contributed by atoms with Gasteiger partial charge in [-0.2, -0.15) is 5.10 Å². The monoisotopic (exact) mass is 219 g/mol. The number of fused-ring (bicyclic) bond motifs is 2. The third-order valence-corrected chi connectivity index (χ3v) is 4.61. The third-order valence-electron chi connectivity index (χ3n) is 4.61. The molecule has 2 N–H and O–H groups in total. The van der Waals surface area contributed by atoms with Gasteiger partial charge >= 0.3 is 0 Å². The van der Waals surface area contributed by atoms with Crippen LogP contribution in [0.4, 0.5) is 0 Å². The lowest BCUT2D eigenvalue weighted by molar-refractivity contribution is 0.259. The summed E-state index contributed by atoms with van der Waals surface area (Å²) in [5.74, 6) is 2.97. The van der Waals surface area contributed by atoms with Crippen molar-refractivity contribution in [3.8, 4) is 0 Å². The van der Waals surface area contributed by atoms with Gasteiger partial charge in [-0.1, -0.05) is 6.42 Å². The molecule has 0 aromatic carbocycles. The van der Waals surface area contributed by atoms with Crippen LogP contribution in [0.1, 0.15) is 38.3 Å². The number of hydrogen-bond acceptors (Lipinski definition) is 2. The molecule has 1 aromatic heterocycles. The quantitative estimate of drug-likeness (QED) is 0.816. The molecular formula is C13H21N3. The SMILES string of the molecule is CC(NCc1ccn[nH]1)C1CC2CCC1C2. The van der Waals surface area contributed by atoms with E-state index in [1.165, 1.54) is 31.4 Å². The van der Waals surface area contributed by atoms with Gasteiger partial charge in [0.05, 0.1) is 0 Å². The Hall–Kier alpha value is -0.830. The van der Waals surface area contributed by atoms with Crippen molar-refractivity contribution in [1.29, 1.82) is 0 Å². The van der Waals surface area contributed by atoms with Crippen molar-refractivity contribution >= 4 is 0 Å². The summed E-state index contributed by atoms with van der Waals surface area (Å²) in [5.41, 5.74) is 1.19. The van der Waals surface area contributed by atoms with Gasteiger partial charge in [-0.3, -0.25) is 5.10 Å². The fourth-order valence-corrected chi connectivity index (χ4v) is 3.71. The summed E-state index contributed by atoms with van der Waals surface area (Å²) >= 11 is 0. The molecule has 3 rings (SSSR count). The smallest absolute Gasteiger partial charge is 0.0490 e. The second kappa shape index (κ2) is 4.21. The molecule has 0 saturated heterocycles. The number of rotatable bonds is 4. The van der Waals surface area contributed by atoms with Crippen LogP contribution in [-0.2, 0) is 6.54 Å². The molecule has 4 atom stereocenters. The van der Waals surface area contributed by atoms with E-state index < -0.39 is 0 Å². The Morgan fingerprint density at radius 1 is 1.50 bits per heavy atom. The Labute approximate surface area is 97.0 Å². The standard InChI is InChI=1S/C13H21N3/c1-9(14-8-12-4-5-15-16-12)13-7-10-2-3-11(13)6-10/h4-5,9-11,13-14H,2-3,6-8H2,1H3,(H,15,16). The molecule has 2 bridgehead atoms. The van der Waals surface area contributed by atoms with E-state index in [-0.39, 0.29) is 0 Å². The number of hydrogen-bond donors (Lipinski definition) is 2. The van der Waals surface area contributed by atoms with Gasteiger partial charge in [0, 0.05) is 24.5 Å². The summed E-state index contributed by atoms with van der Waals surface area (Å²) in [6, 6.07) is 2.69. The van der Waals surface area contributed by atoms with E-state index in [1.54, 1.807) is 0 Å². The highest BCUT2D eigenvalue weighted by atomic mass is 15.1. The van der Waals surface area contributed by atoms with Gasteiger partial charge in [0.25, 0.3) is 0 Å². The lowest BCUT2D eigenvalue weighted by Crippen LogP contribution is -2.35. The highest BCUT2D eigenvalue weighted by Crippen LogP contribution is 2.49. The van der Waals surface area contributed by atoms with E-state index in [0.29, 0.717) is 6.04 Å². The van der Waals surface area contributed by atoms with Crippen LogP contribution >= 0.6 is 0 Å². The van der Waals surface area contributed by atoms with E-state index in [9.17, 15) is 0 Å². The minimum atomic E-state index is 0.651. The summed E-state index contributed by atoms with van der Waals surface area (Å²) in [4.78, 5) is 0. The van der Waals surface area contributed by atoms with E-state index in [4.69, 9.17) is 0 Å². The first-order valence-corrected chi connectivity index (χ1v) is 6.54. The number of aromatic amines is 1. The minimum absolute atomic E-state index is 0.651. The van der Waals surface area contributed by atoms with Gasteiger partial charge in [0.15, 0.2) is 0 Å². The van der Waals surface area contributed by atoms with Crippen molar-refractivity contribution in [3.63, 3.8) is 0 Å². The Morgan fingerprint density at radius 2 is 2.44 bits per heavy atom. The highest BCUT2D eigenvalue weighted by molar-refractivity contribution is 4.99. The second-order valence-corrected chi connectivity index (χ2v) is 5.59. The molecule has 0 spiro atoms. The van der Waals surface area contributed by atoms with Crippen LogP contribution in [-0.4, -0.2) is 16.2 Å². The summed E-state index contributed by atoms with van der Waals surface area (Å²) in [5, 5.41) is 10.6. The highest BCUT2D eigenvalue weighted by Gasteiger charge is 2.41. The van der Waals surface area contributed by atoms with Crippen LogP contribution in [0.3, 0.4) is 0 Å². The predicted octanol–water partition coefficient (Wildman–Crippen LogP) is 2.32. The summed E-state index contributed by atoms with van der Waals surface area (Å²) in [6.45, 7) is 3.27. The van der Waals surface area contributed by atoms with Crippen LogP contribution < -0.4 is 5.32 Å². The number of H-pyrrole nitrogens is 1. The van der Waals surface area contributed by atoms with E-state index >= 15 is 0 Å². The van der Waals surface area contributed by atoms with Gasteiger partial charge in [0.1, 0.15) is 0 Å². The van der Waals surface area contributed by atoms with E-state index in [2.05, 4.69) is 22.4 Å². The Bertz CT molecular complexity index is 333. The van der Waals surface area contributed by atoms with Gasteiger partial charge in [-0.05, 0) is 50.0 Å². The molecule has 2 aliphatic rings. The average Bonchev–Trinajstić information content (AvgIpc) is 3.01. The molecule has 3 heteroatoms. The lowest BCUT2D eigenvalue weighted by Gasteiger charge is -2.28. The van der Waals surface area contributed by atoms with Crippen molar-refractivity contribution in [2.45, 2.75) is 45.2 Å². The van der Waals surface area contributed by atoms with Gasteiger partial charge < -0.3 is 5.32 Å². The Morgan fingerprint density at radius 3 is 3.06 bits per heavy atom. The molecule has 2 aliphatic carbocycles. The van der Waals surface area contributed by atoms with Crippen molar-refractivity contribution in [2.24, 2.45) is 17.8 Å². The Kier molecular flexibility index (Phi) is 2.72. The van der Waals surface area contributed by atoms with Gasteiger partial charge in [0.2, 0.25) is 0 Å². The first-order valence-electron chi connectivity index (χ1n) is 6.54. The number of nitrogens with zero attached hydrogens (tertiary/aromatic N) is 1. The zero-order valence-corrected chi connectivity index (χ0v) is 9.95. The molecule has 1 aromatic rings. The number of nitrogens with one attached hydrogen (secondary N) is 2. The summed E-state index contributed by atoms with van der Waals surface area (Å²) in [6.07, 6.45) is 7.75. The maximum absolute atomic E-state index is 3.97. The Balaban J connectivity index is 1.52. The topological polar surface area (TPSA) is 40.7 Å². The largest absolute Gasteiger partial charge is 0.308 e. The molecule has 2 saturated carbocycles. The van der Waals surface area contributed by atoms with Crippen LogP contribution in [0.25, 0.3) is 0 Å². The van der Waals surface area contributed by atoms with Crippen molar-refractivity contribution in [2.75, 3.05) is 0 Å². The lowest BCUT2D eigenvalue weighted by atomic mass is 9.84. The maximum Gasteiger partial charge on any atom is 0.0490 e. The molecular weight excluding hydrogens is 198 g/mol. The average molecular weight is 219 g/mol. The first-order chi connectivity index (χ1) is 7.83. The zero-order chi connectivity index (χ0) is 11.0. The third kappa shape index (κ3) is 1.88. The summed E-state index contributed by atoms with van der Waals surface area (Å²) in [7, 11) is 0. The van der Waals surface area contributed by atoms with Crippen LogP contribution in [0.2, 0.25) is 0 Å². The van der Waals surface area contributed by atoms with Crippen LogP contribution in [0, 0.1) is 17.8 Å². The van der Waals surface area contributed by atoms with Crippen molar-refractivity contribution < 1.29 is 0 Å². The predicted molar refractivity (Wildman–Crippen MR) is 63.8 cm³/mol. The fraction of sp³-hybridized carbons (Fsp3) is 0.769. The molecule has 1 heterocycles. The maximum atomic E-state index is 3.97. The molecule has 4 unspecified atom stereocenters. The minimum Gasteiger partial charge on any atom is -0.308 e. The molecule has 0 aliphatic heterocycles. The van der Waals surface area contributed by atoms with Crippen molar-refractivity contribution in [1.82, 2.24) is 15.5 Å². The molecule has 0 radical (unpaired) electrons. The van der Waals surface area contributed by atoms with Crippen molar-refractivity contribution in [3.05, 3.63) is 18.0 Å².